The number of halogens is 2. The highest BCUT2D eigenvalue weighted by molar-refractivity contribution is 9.10. The van der Waals surface area contributed by atoms with E-state index in [4.69, 9.17) is 0 Å². The molecule has 6 nitrogen and oxygen atoms in total. The molecule has 0 aromatic heterocycles. The monoisotopic (exact) mass is 619 g/mol. The number of sulfonamides is 1. The zero-order chi connectivity index (χ0) is 25.0. The number of carbonyl (C=O) groups excluding carboxylic acids is 1. The molecule has 1 amide bonds. The third kappa shape index (κ3) is 6.40. The first-order valence-corrected chi connectivity index (χ1v) is 14.4. The van der Waals surface area contributed by atoms with Crippen LogP contribution in [0.25, 0.3) is 0 Å². The van der Waals surface area contributed by atoms with Crippen LogP contribution in [0, 0.1) is 0 Å². The van der Waals surface area contributed by atoms with E-state index in [2.05, 4.69) is 60.5 Å². The van der Waals surface area contributed by atoms with Gasteiger partial charge >= 0.3 is 0 Å². The van der Waals surface area contributed by atoms with Crippen molar-refractivity contribution in [2.45, 2.75) is 23.9 Å². The molecule has 0 bridgehead atoms. The molecule has 1 aliphatic rings. The van der Waals surface area contributed by atoms with Crippen molar-refractivity contribution in [1.29, 1.82) is 0 Å². The largest absolute Gasteiger partial charge is 0.338 e. The van der Waals surface area contributed by atoms with Gasteiger partial charge in [-0.3, -0.25) is 9.69 Å². The number of benzene rings is 3. The molecule has 0 saturated carbocycles. The second-order valence-corrected chi connectivity index (χ2v) is 12.1. The van der Waals surface area contributed by atoms with Gasteiger partial charge in [-0.05, 0) is 48.4 Å². The molecule has 1 N–H and O–H groups in total. The molecule has 0 radical (unpaired) electrons. The summed E-state index contributed by atoms with van der Waals surface area (Å²) in [5.41, 5.74) is 1.83. The summed E-state index contributed by atoms with van der Waals surface area (Å²) in [4.78, 5) is 17.8. The van der Waals surface area contributed by atoms with E-state index in [9.17, 15) is 13.2 Å². The summed E-state index contributed by atoms with van der Waals surface area (Å²) in [7, 11) is -3.92. The van der Waals surface area contributed by atoms with Crippen LogP contribution in [-0.4, -0.2) is 50.3 Å². The zero-order valence-corrected chi connectivity index (χ0v) is 23.3. The van der Waals surface area contributed by atoms with Gasteiger partial charge < -0.3 is 4.90 Å². The maximum atomic E-state index is 13.6. The molecule has 2 atom stereocenters. The third-order valence-corrected chi connectivity index (χ3v) is 8.73. The summed E-state index contributed by atoms with van der Waals surface area (Å²) >= 11 is 6.80. The quantitative estimate of drug-likeness (QED) is 0.397. The van der Waals surface area contributed by atoms with Gasteiger partial charge in [0.2, 0.25) is 15.9 Å². The highest BCUT2D eigenvalue weighted by atomic mass is 79.9. The van der Waals surface area contributed by atoms with E-state index in [1.807, 2.05) is 18.2 Å². The smallest absolute Gasteiger partial charge is 0.245 e. The Kier molecular flexibility index (Phi) is 8.44. The fourth-order valence-electron chi connectivity index (χ4n) is 4.23. The average Bonchev–Trinajstić information content (AvgIpc) is 2.87. The lowest BCUT2D eigenvalue weighted by Crippen LogP contribution is -2.52. The number of rotatable bonds is 7. The minimum Gasteiger partial charge on any atom is -0.338 e. The van der Waals surface area contributed by atoms with Crippen LogP contribution in [0.15, 0.2) is 92.7 Å². The van der Waals surface area contributed by atoms with Crippen molar-refractivity contribution in [2.75, 3.05) is 26.2 Å². The van der Waals surface area contributed by atoms with Gasteiger partial charge in [0, 0.05) is 41.2 Å². The Labute approximate surface area is 223 Å². The molecule has 9 heteroatoms. The lowest BCUT2D eigenvalue weighted by molar-refractivity contribution is -0.135. The standard InChI is InChI=1S/C26H27Br2N3O3S/c1-19(20-10-12-22(27)13-11-20)30-14-16-31(17-15-30)26(32)25(21-6-3-2-4-7-21)29-35(33,34)24-9-5-8-23(28)18-24/h2-13,18-19,25,29H,14-17H2,1H3. The van der Waals surface area contributed by atoms with Crippen molar-refractivity contribution in [3.63, 3.8) is 0 Å². The van der Waals surface area contributed by atoms with Crippen LogP contribution < -0.4 is 4.72 Å². The fraction of sp³-hybridized carbons (Fsp3) is 0.269. The number of amides is 1. The minimum atomic E-state index is -3.92. The molecule has 184 valence electrons. The Morgan fingerprint density at radius 2 is 1.49 bits per heavy atom. The van der Waals surface area contributed by atoms with Crippen LogP contribution in [-0.2, 0) is 14.8 Å². The zero-order valence-electron chi connectivity index (χ0n) is 19.3. The summed E-state index contributed by atoms with van der Waals surface area (Å²) in [5.74, 6) is -0.245. The lowest BCUT2D eigenvalue weighted by Gasteiger charge is -2.39. The van der Waals surface area contributed by atoms with Crippen LogP contribution in [0.3, 0.4) is 0 Å². The van der Waals surface area contributed by atoms with Crippen molar-refractivity contribution >= 4 is 47.8 Å². The van der Waals surface area contributed by atoms with E-state index in [-0.39, 0.29) is 16.8 Å². The highest BCUT2D eigenvalue weighted by Crippen LogP contribution is 2.26. The van der Waals surface area contributed by atoms with Gasteiger partial charge in [-0.15, -0.1) is 0 Å². The Hall–Kier alpha value is -2.04. The number of carbonyl (C=O) groups is 1. The van der Waals surface area contributed by atoms with Gasteiger partial charge in [0.15, 0.2) is 0 Å². The van der Waals surface area contributed by atoms with Gasteiger partial charge in [-0.1, -0.05) is 80.4 Å². The van der Waals surface area contributed by atoms with Crippen molar-refractivity contribution < 1.29 is 13.2 Å². The van der Waals surface area contributed by atoms with E-state index in [1.54, 1.807) is 41.3 Å². The molecule has 2 unspecified atom stereocenters. The molecule has 1 heterocycles. The molecule has 4 rings (SSSR count). The van der Waals surface area contributed by atoms with Gasteiger partial charge in [0.1, 0.15) is 6.04 Å². The SMILES string of the molecule is CC(c1ccc(Br)cc1)N1CCN(C(=O)C(NS(=O)(=O)c2cccc(Br)c2)c2ccccc2)CC1. The maximum absolute atomic E-state index is 13.6. The Morgan fingerprint density at radius 1 is 0.829 bits per heavy atom. The first-order chi connectivity index (χ1) is 16.7. The number of hydrogen-bond acceptors (Lipinski definition) is 4. The van der Waals surface area contributed by atoms with Gasteiger partial charge in [-0.25, -0.2) is 8.42 Å². The Bertz CT molecular complexity index is 1260. The maximum Gasteiger partial charge on any atom is 0.245 e. The van der Waals surface area contributed by atoms with Crippen LogP contribution in [0.5, 0.6) is 0 Å². The van der Waals surface area contributed by atoms with Gasteiger partial charge in [-0.2, -0.15) is 4.72 Å². The summed E-state index contributed by atoms with van der Waals surface area (Å²) in [5, 5.41) is 0. The van der Waals surface area contributed by atoms with Crippen molar-refractivity contribution in [2.24, 2.45) is 0 Å². The first-order valence-electron chi connectivity index (χ1n) is 11.4. The van der Waals surface area contributed by atoms with E-state index < -0.39 is 16.1 Å². The summed E-state index contributed by atoms with van der Waals surface area (Å²) in [6, 6.07) is 23.0. The average molecular weight is 621 g/mol. The van der Waals surface area contributed by atoms with Gasteiger partial charge in [0.05, 0.1) is 4.90 Å². The molecule has 0 aliphatic carbocycles. The summed E-state index contributed by atoms with van der Waals surface area (Å²) < 4.78 is 30.7. The van der Waals surface area contributed by atoms with E-state index in [0.717, 1.165) is 4.47 Å². The topological polar surface area (TPSA) is 69.7 Å². The Morgan fingerprint density at radius 3 is 2.11 bits per heavy atom. The molecular weight excluding hydrogens is 594 g/mol. The predicted molar refractivity (Wildman–Crippen MR) is 144 cm³/mol. The molecule has 1 aliphatic heterocycles. The van der Waals surface area contributed by atoms with E-state index in [1.165, 1.54) is 17.7 Å². The van der Waals surface area contributed by atoms with Gasteiger partial charge in [0.25, 0.3) is 0 Å². The molecule has 0 spiro atoms. The molecule has 3 aromatic carbocycles. The van der Waals surface area contributed by atoms with Crippen molar-refractivity contribution in [1.82, 2.24) is 14.5 Å². The van der Waals surface area contributed by atoms with Crippen LogP contribution >= 0.6 is 31.9 Å². The number of piperazine rings is 1. The lowest BCUT2D eigenvalue weighted by atomic mass is 10.0. The minimum absolute atomic E-state index is 0.105. The molecule has 1 saturated heterocycles. The normalized spacial score (nSPS) is 16.6. The second-order valence-electron chi connectivity index (χ2n) is 8.51. The van der Waals surface area contributed by atoms with E-state index in [0.29, 0.717) is 36.2 Å². The molecule has 1 fully saturated rings. The fourth-order valence-corrected chi connectivity index (χ4v) is 6.27. The number of nitrogens with zero attached hydrogens (tertiary/aromatic N) is 2. The third-order valence-electron chi connectivity index (χ3n) is 6.29. The first kappa shape index (κ1) is 26.0. The number of nitrogens with one attached hydrogen (secondary N) is 1. The molecule has 35 heavy (non-hydrogen) atoms. The van der Waals surface area contributed by atoms with Crippen molar-refractivity contribution in [3.05, 3.63) is 98.9 Å². The van der Waals surface area contributed by atoms with E-state index >= 15 is 0 Å². The van der Waals surface area contributed by atoms with Crippen LogP contribution in [0.1, 0.15) is 30.1 Å². The molecular formula is C26H27Br2N3O3S. The summed E-state index contributed by atoms with van der Waals surface area (Å²) in [6.45, 7) is 4.65. The predicted octanol–water partition coefficient (Wildman–Crippen LogP) is 5.14. The van der Waals surface area contributed by atoms with Crippen LogP contribution in [0.4, 0.5) is 0 Å². The van der Waals surface area contributed by atoms with Crippen LogP contribution in [0.2, 0.25) is 0 Å². The molecule has 3 aromatic rings. The highest BCUT2D eigenvalue weighted by Gasteiger charge is 2.33. The second kappa shape index (κ2) is 11.3. The Balaban J connectivity index is 1.50. The summed E-state index contributed by atoms with van der Waals surface area (Å²) in [6.07, 6.45) is 0. The number of hydrogen-bond donors (Lipinski definition) is 1. The van der Waals surface area contributed by atoms with Crippen molar-refractivity contribution in [3.8, 4) is 0 Å².